The molecule has 90 valence electrons. The zero-order valence-electron chi connectivity index (χ0n) is 10.5. The average molecular weight is 230 g/mol. The molecule has 2 aromatic rings. The Labute approximate surface area is 101 Å². The first-order chi connectivity index (χ1) is 7.98. The van der Waals surface area contributed by atoms with Crippen LogP contribution < -0.4 is 5.73 Å². The summed E-state index contributed by atoms with van der Waals surface area (Å²) in [5, 5.41) is 8.27. The lowest BCUT2D eigenvalue weighted by molar-refractivity contribution is 0.532. The summed E-state index contributed by atoms with van der Waals surface area (Å²) in [7, 11) is 0. The summed E-state index contributed by atoms with van der Waals surface area (Å²) in [5.74, 6) is 0. The van der Waals surface area contributed by atoms with Crippen molar-refractivity contribution >= 4 is 0 Å². The number of benzene rings is 1. The first-order valence-electron chi connectivity index (χ1n) is 5.74. The van der Waals surface area contributed by atoms with E-state index in [-0.39, 0.29) is 6.04 Å². The molecule has 1 unspecified atom stereocenters. The molecule has 2 N–H and O–H groups in total. The molecular formula is C13H18N4. The van der Waals surface area contributed by atoms with Gasteiger partial charge in [0.25, 0.3) is 0 Å². The van der Waals surface area contributed by atoms with E-state index in [1.54, 1.807) is 0 Å². The van der Waals surface area contributed by atoms with Gasteiger partial charge in [0.2, 0.25) is 0 Å². The van der Waals surface area contributed by atoms with Gasteiger partial charge in [-0.15, -0.1) is 5.10 Å². The van der Waals surface area contributed by atoms with Gasteiger partial charge in [-0.2, -0.15) is 0 Å². The van der Waals surface area contributed by atoms with Gasteiger partial charge in [0.15, 0.2) is 0 Å². The summed E-state index contributed by atoms with van der Waals surface area (Å²) in [5.41, 5.74) is 7.56. The molecule has 4 nitrogen and oxygen atoms in total. The average Bonchev–Trinajstić information content (AvgIpc) is 2.78. The van der Waals surface area contributed by atoms with Crippen molar-refractivity contribution in [2.24, 2.45) is 5.73 Å². The van der Waals surface area contributed by atoms with Crippen LogP contribution in [0.4, 0.5) is 0 Å². The number of hydrogen-bond acceptors (Lipinski definition) is 3. The third-order valence-corrected chi connectivity index (χ3v) is 2.85. The SMILES string of the molecule is CC(c1ccccc1)n1cc(C(C)(C)N)nn1. The molecule has 0 radical (unpaired) electrons. The number of rotatable bonds is 3. The maximum Gasteiger partial charge on any atom is 0.102 e. The van der Waals surface area contributed by atoms with Gasteiger partial charge in [0.05, 0.1) is 17.8 Å². The van der Waals surface area contributed by atoms with E-state index in [2.05, 4.69) is 29.4 Å². The second kappa shape index (κ2) is 4.30. The third kappa shape index (κ3) is 2.53. The van der Waals surface area contributed by atoms with E-state index in [1.807, 2.05) is 42.9 Å². The van der Waals surface area contributed by atoms with Crippen molar-refractivity contribution in [3.63, 3.8) is 0 Å². The second-order valence-corrected chi connectivity index (χ2v) is 4.89. The van der Waals surface area contributed by atoms with Crippen LogP contribution in [-0.2, 0) is 5.54 Å². The van der Waals surface area contributed by atoms with Crippen molar-refractivity contribution in [3.05, 3.63) is 47.8 Å². The maximum atomic E-state index is 5.99. The molecule has 1 aromatic carbocycles. The first kappa shape index (κ1) is 11.8. The van der Waals surface area contributed by atoms with Crippen molar-refractivity contribution in [3.8, 4) is 0 Å². The van der Waals surface area contributed by atoms with Crippen LogP contribution in [0.2, 0.25) is 0 Å². The van der Waals surface area contributed by atoms with E-state index in [4.69, 9.17) is 5.73 Å². The molecule has 0 aliphatic carbocycles. The highest BCUT2D eigenvalue weighted by molar-refractivity contribution is 5.19. The van der Waals surface area contributed by atoms with E-state index in [0.717, 1.165) is 5.69 Å². The summed E-state index contributed by atoms with van der Waals surface area (Å²) in [4.78, 5) is 0. The Hall–Kier alpha value is -1.68. The van der Waals surface area contributed by atoms with Crippen molar-refractivity contribution in [2.75, 3.05) is 0 Å². The van der Waals surface area contributed by atoms with Crippen LogP contribution in [0.15, 0.2) is 36.5 Å². The Bertz CT molecular complexity index is 482. The van der Waals surface area contributed by atoms with Gasteiger partial charge in [-0.3, -0.25) is 0 Å². The molecule has 0 fully saturated rings. The standard InChI is InChI=1S/C13H18N4/c1-10(11-7-5-4-6-8-11)17-9-12(15-16-17)13(2,3)14/h4-10H,14H2,1-3H3. The van der Waals surface area contributed by atoms with Gasteiger partial charge in [0, 0.05) is 0 Å². The lowest BCUT2D eigenvalue weighted by atomic mass is 10.0. The zero-order chi connectivity index (χ0) is 12.5. The minimum Gasteiger partial charge on any atom is -0.320 e. The quantitative estimate of drug-likeness (QED) is 0.878. The topological polar surface area (TPSA) is 56.7 Å². The third-order valence-electron chi connectivity index (χ3n) is 2.85. The second-order valence-electron chi connectivity index (χ2n) is 4.89. The molecule has 1 aromatic heterocycles. The lowest BCUT2D eigenvalue weighted by Gasteiger charge is -2.14. The molecule has 4 heteroatoms. The Morgan fingerprint density at radius 3 is 2.41 bits per heavy atom. The van der Waals surface area contributed by atoms with Crippen LogP contribution >= 0.6 is 0 Å². The largest absolute Gasteiger partial charge is 0.320 e. The highest BCUT2D eigenvalue weighted by atomic mass is 15.4. The van der Waals surface area contributed by atoms with Crippen LogP contribution in [0, 0.1) is 0 Å². The molecule has 2 rings (SSSR count). The van der Waals surface area contributed by atoms with Gasteiger partial charge in [-0.05, 0) is 26.3 Å². The smallest absolute Gasteiger partial charge is 0.102 e. The first-order valence-corrected chi connectivity index (χ1v) is 5.74. The zero-order valence-corrected chi connectivity index (χ0v) is 10.5. The van der Waals surface area contributed by atoms with Crippen LogP contribution in [0.5, 0.6) is 0 Å². The highest BCUT2D eigenvalue weighted by Gasteiger charge is 2.19. The van der Waals surface area contributed by atoms with E-state index >= 15 is 0 Å². The van der Waals surface area contributed by atoms with Crippen molar-refractivity contribution in [1.82, 2.24) is 15.0 Å². The predicted octanol–water partition coefficient (Wildman–Crippen LogP) is 2.08. The molecule has 0 bridgehead atoms. The fourth-order valence-corrected chi connectivity index (χ4v) is 1.65. The minimum absolute atomic E-state index is 0.166. The molecule has 0 saturated carbocycles. The Balaban J connectivity index is 2.27. The van der Waals surface area contributed by atoms with Gasteiger partial charge in [-0.1, -0.05) is 35.5 Å². The fraction of sp³-hybridized carbons (Fsp3) is 0.385. The molecule has 1 heterocycles. The van der Waals surface area contributed by atoms with Crippen LogP contribution in [0.25, 0.3) is 0 Å². The normalized spacial score (nSPS) is 13.6. The van der Waals surface area contributed by atoms with Gasteiger partial charge in [0.1, 0.15) is 5.69 Å². The Kier molecular flexibility index (Phi) is 2.98. The number of nitrogens with two attached hydrogens (primary N) is 1. The van der Waals surface area contributed by atoms with E-state index < -0.39 is 5.54 Å². The summed E-state index contributed by atoms with van der Waals surface area (Å²) in [6.45, 7) is 5.94. The highest BCUT2D eigenvalue weighted by Crippen LogP contribution is 2.19. The van der Waals surface area contributed by atoms with Crippen molar-refractivity contribution < 1.29 is 0 Å². The van der Waals surface area contributed by atoms with E-state index in [0.29, 0.717) is 0 Å². The van der Waals surface area contributed by atoms with E-state index in [1.165, 1.54) is 5.56 Å². The van der Waals surface area contributed by atoms with E-state index in [9.17, 15) is 0 Å². The summed E-state index contributed by atoms with van der Waals surface area (Å²) in [6.07, 6.45) is 1.91. The molecule has 0 aliphatic rings. The summed E-state index contributed by atoms with van der Waals surface area (Å²) >= 11 is 0. The van der Waals surface area contributed by atoms with Crippen molar-refractivity contribution in [2.45, 2.75) is 32.4 Å². The van der Waals surface area contributed by atoms with Crippen LogP contribution in [0.1, 0.15) is 38.1 Å². The number of hydrogen-bond donors (Lipinski definition) is 1. The van der Waals surface area contributed by atoms with Crippen molar-refractivity contribution in [1.29, 1.82) is 0 Å². The molecule has 0 amide bonds. The molecule has 0 saturated heterocycles. The van der Waals surface area contributed by atoms with Crippen LogP contribution in [-0.4, -0.2) is 15.0 Å². The number of aromatic nitrogens is 3. The molecule has 0 aliphatic heterocycles. The lowest BCUT2D eigenvalue weighted by Crippen LogP contribution is -2.29. The Morgan fingerprint density at radius 2 is 1.88 bits per heavy atom. The minimum atomic E-state index is -0.450. The summed E-state index contributed by atoms with van der Waals surface area (Å²) in [6, 6.07) is 10.4. The number of nitrogens with zero attached hydrogens (tertiary/aromatic N) is 3. The maximum absolute atomic E-state index is 5.99. The summed E-state index contributed by atoms with van der Waals surface area (Å²) < 4.78 is 1.85. The predicted molar refractivity (Wildman–Crippen MR) is 67.5 cm³/mol. The van der Waals surface area contributed by atoms with Gasteiger partial charge < -0.3 is 5.73 Å². The van der Waals surface area contributed by atoms with Crippen LogP contribution in [0.3, 0.4) is 0 Å². The van der Waals surface area contributed by atoms with Gasteiger partial charge >= 0.3 is 0 Å². The van der Waals surface area contributed by atoms with Gasteiger partial charge in [-0.25, -0.2) is 4.68 Å². The molecule has 0 spiro atoms. The molecular weight excluding hydrogens is 212 g/mol. The monoisotopic (exact) mass is 230 g/mol. The molecule has 17 heavy (non-hydrogen) atoms. The Morgan fingerprint density at radius 1 is 1.24 bits per heavy atom. The fourth-order valence-electron chi connectivity index (χ4n) is 1.65. The molecule has 1 atom stereocenters.